The van der Waals surface area contributed by atoms with Crippen molar-refractivity contribution in [1.82, 2.24) is 0 Å². The van der Waals surface area contributed by atoms with E-state index in [-0.39, 0.29) is 10.9 Å². The van der Waals surface area contributed by atoms with Gasteiger partial charge in [0, 0.05) is 0 Å². The van der Waals surface area contributed by atoms with Crippen LogP contribution in [0.5, 0.6) is 5.75 Å². The van der Waals surface area contributed by atoms with E-state index >= 15 is 0 Å². The van der Waals surface area contributed by atoms with E-state index in [4.69, 9.17) is 4.74 Å². The SMILES string of the molecule is Cc1cc(C)c(C(Br)c2ccc(OC(C)C)cc2)c(C)c1. The zero-order valence-electron chi connectivity index (χ0n) is 13.4. The first-order chi connectivity index (χ1) is 9.88. The molecule has 2 rings (SSSR count). The van der Waals surface area contributed by atoms with Crippen molar-refractivity contribution in [3.8, 4) is 5.75 Å². The molecule has 112 valence electrons. The molecule has 2 aromatic rings. The van der Waals surface area contributed by atoms with Crippen LogP contribution in [0.15, 0.2) is 36.4 Å². The van der Waals surface area contributed by atoms with Gasteiger partial charge in [-0.3, -0.25) is 0 Å². The maximum Gasteiger partial charge on any atom is 0.119 e. The van der Waals surface area contributed by atoms with Crippen molar-refractivity contribution in [2.24, 2.45) is 0 Å². The van der Waals surface area contributed by atoms with E-state index in [1.54, 1.807) is 0 Å². The van der Waals surface area contributed by atoms with Crippen LogP contribution in [-0.4, -0.2) is 6.10 Å². The van der Waals surface area contributed by atoms with Gasteiger partial charge >= 0.3 is 0 Å². The van der Waals surface area contributed by atoms with Gasteiger partial charge in [-0.1, -0.05) is 45.8 Å². The lowest BCUT2D eigenvalue weighted by Gasteiger charge is -2.18. The molecule has 0 aliphatic heterocycles. The topological polar surface area (TPSA) is 9.23 Å². The first kappa shape index (κ1) is 16.1. The molecule has 0 radical (unpaired) electrons. The molecule has 0 aromatic heterocycles. The first-order valence-corrected chi connectivity index (χ1v) is 8.28. The summed E-state index contributed by atoms with van der Waals surface area (Å²) in [4.78, 5) is 0.214. The van der Waals surface area contributed by atoms with Crippen LogP contribution in [0.2, 0.25) is 0 Å². The van der Waals surface area contributed by atoms with Crippen LogP contribution in [0.25, 0.3) is 0 Å². The molecule has 0 spiro atoms. The molecule has 0 saturated heterocycles. The fourth-order valence-corrected chi connectivity index (χ4v) is 3.77. The predicted molar refractivity (Wildman–Crippen MR) is 93.6 cm³/mol. The number of alkyl halides is 1. The van der Waals surface area contributed by atoms with Gasteiger partial charge < -0.3 is 4.74 Å². The lowest BCUT2D eigenvalue weighted by atomic mass is 9.94. The summed E-state index contributed by atoms with van der Waals surface area (Å²) in [5, 5.41) is 0. The molecule has 0 amide bonds. The number of ether oxygens (including phenoxy) is 1. The molecule has 1 atom stereocenters. The second-order valence-corrected chi connectivity index (χ2v) is 6.83. The molecular weight excluding hydrogens is 324 g/mol. The van der Waals surface area contributed by atoms with Crippen LogP contribution in [0.4, 0.5) is 0 Å². The smallest absolute Gasteiger partial charge is 0.119 e. The van der Waals surface area contributed by atoms with Crippen LogP contribution in [-0.2, 0) is 0 Å². The minimum Gasteiger partial charge on any atom is -0.491 e. The van der Waals surface area contributed by atoms with Crippen molar-refractivity contribution in [2.45, 2.75) is 45.5 Å². The van der Waals surface area contributed by atoms with Crippen molar-refractivity contribution >= 4 is 15.9 Å². The molecule has 0 fully saturated rings. The molecule has 1 unspecified atom stereocenters. The van der Waals surface area contributed by atoms with E-state index in [1.807, 2.05) is 26.0 Å². The molecule has 0 heterocycles. The van der Waals surface area contributed by atoms with Crippen molar-refractivity contribution in [3.05, 3.63) is 64.2 Å². The van der Waals surface area contributed by atoms with Crippen molar-refractivity contribution in [3.63, 3.8) is 0 Å². The monoisotopic (exact) mass is 346 g/mol. The van der Waals surface area contributed by atoms with Gasteiger partial charge in [0.15, 0.2) is 0 Å². The van der Waals surface area contributed by atoms with Gasteiger partial charge in [-0.05, 0) is 69.0 Å². The van der Waals surface area contributed by atoms with Gasteiger partial charge in [0.05, 0.1) is 10.9 Å². The highest BCUT2D eigenvalue weighted by molar-refractivity contribution is 9.09. The summed E-state index contributed by atoms with van der Waals surface area (Å²) in [6, 6.07) is 12.8. The second-order valence-electron chi connectivity index (χ2n) is 5.91. The van der Waals surface area contributed by atoms with Crippen LogP contribution < -0.4 is 4.74 Å². The zero-order valence-corrected chi connectivity index (χ0v) is 15.0. The van der Waals surface area contributed by atoms with Crippen LogP contribution >= 0.6 is 15.9 Å². The first-order valence-electron chi connectivity index (χ1n) is 7.37. The fourth-order valence-electron chi connectivity index (χ4n) is 2.75. The van der Waals surface area contributed by atoms with Gasteiger partial charge in [0.2, 0.25) is 0 Å². The third-order valence-corrected chi connectivity index (χ3v) is 4.52. The van der Waals surface area contributed by atoms with E-state index < -0.39 is 0 Å². The molecule has 0 N–H and O–H groups in total. The fraction of sp³-hybridized carbons (Fsp3) is 0.368. The van der Waals surface area contributed by atoms with Gasteiger partial charge in [-0.15, -0.1) is 0 Å². The minimum absolute atomic E-state index is 0.206. The van der Waals surface area contributed by atoms with E-state index in [2.05, 4.69) is 61.0 Å². The summed E-state index contributed by atoms with van der Waals surface area (Å²) in [7, 11) is 0. The summed E-state index contributed by atoms with van der Waals surface area (Å²) in [6.07, 6.45) is 0.206. The minimum atomic E-state index is 0.206. The average molecular weight is 347 g/mol. The van der Waals surface area contributed by atoms with Crippen molar-refractivity contribution < 1.29 is 4.74 Å². The number of rotatable bonds is 4. The molecule has 21 heavy (non-hydrogen) atoms. The molecule has 0 aliphatic carbocycles. The molecule has 0 saturated carbocycles. The standard InChI is InChI=1S/C19H23BrO/c1-12(2)21-17-8-6-16(7-9-17)19(20)18-14(4)10-13(3)11-15(18)5/h6-12,19H,1-5H3. The van der Waals surface area contributed by atoms with Crippen LogP contribution in [0.3, 0.4) is 0 Å². The largest absolute Gasteiger partial charge is 0.491 e. The van der Waals surface area contributed by atoms with Gasteiger partial charge in [-0.25, -0.2) is 0 Å². The van der Waals surface area contributed by atoms with Gasteiger partial charge in [-0.2, -0.15) is 0 Å². The number of halogens is 1. The summed E-state index contributed by atoms with van der Waals surface area (Å²) in [5.41, 5.74) is 6.59. The third kappa shape index (κ3) is 3.88. The van der Waals surface area contributed by atoms with E-state index in [0.29, 0.717) is 0 Å². The van der Waals surface area contributed by atoms with Crippen LogP contribution in [0, 0.1) is 20.8 Å². The lowest BCUT2D eigenvalue weighted by molar-refractivity contribution is 0.242. The Hall–Kier alpha value is -1.28. The highest BCUT2D eigenvalue weighted by Gasteiger charge is 2.15. The predicted octanol–water partition coefficient (Wildman–Crippen LogP) is 5.88. The Bertz CT molecular complexity index is 591. The highest BCUT2D eigenvalue weighted by Crippen LogP contribution is 2.36. The van der Waals surface area contributed by atoms with E-state index in [1.165, 1.54) is 27.8 Å². The molecule has 0 aliphatic rings. The molecule has 0 bridgehead atoms. The summed E-state index contributed by atoms with van der Waals surface area (Å²) in [5.74, 6) is 0.922. The average Bonchev–Trinajstić information content (AvgIpc) is 2.37. The van der Waals surface area contributed by atoms with E-state index in [9.17, 15) is 0 Å². The van der Waals surface area contributed by atoms with Gasteiger partial charge in [0.25, 0.3) is 0 Å². The highest BCUT2D eigenvalue weighted by atomic mass is 79.9. The number of aryl methyl sites for hydroxylation is 3. The Labute approximate surface area is 136 Å². The van der Waals surface area contributed by atoms with E-state index in [0.717, 1.165) is 5.75 Å². The molecular formula is C19H23BrO. The number of benzene rings is 2. The Morgan fingerprint density at radius 2 is 1.43 bits per heavy atom. The number of hydrogen-bond donors (Lipinski definition) is 0. The molecule has 2 heteroatoms. The summed E-state index contributed by atoms with van der Waals surface area (Å²) < 4.78 is 5.70. The van der Waals surface area contributed by atoms with Crippen molar-refractivity contribution in [1.29, 1.82) is 0 Å². The molecule has 1 nitrogen and oxygen atoms in total. The maximum atomic E-state index is 5.70. The second kappa shape index (κ2) is 6.65. The molecule has 2 aromatic carbocycles. The normalized spacial score (nSPS) is 12.5. The van der Waals surface area contributed by atoms with Gasteiger partial charge in [0.1, 0.15) is 5.75 Å². The quantitative estimate of drug-likeness (QED) is 0.627. The Morgan fingerprint density at radius 3 is 1.90 bits per heavy atom. The lowest BCUT2D eigenvalue weighted by Crippen LogP contribution is -2.05. The third-order valence-electron chi connectivity index (χ3n) is 3.54. The summed E-state index contributed by atoms with van der Waals surface area (Å²) >= 11 is 3.85. The van der Waals surface area contributed by atoms with Crippen LogP contribution in [0.1, 0.15) is 46.5 Å². The zero-order chi connectivity index (χ0) is 15.6. The Kier molecular flexibility index (Phi) is 5.10. The van der Waals surface area contributed by atoms with Crippen molar-refractivity contribution in [2.75, 3.05) is 0 Å². The maximum absolute atomic E-state index is 5.70. The number of hydrogen-bond acceptors (Lipinski definition) is 1. The Morgan fingerprint density at radius 1 is 0.905 bits per heavy atom. The summed E-state index contributed by atoms with van der Waals surface area (Å²) in [6.45, 7) is 10.6. The Balaban J connectivity index is 2.30.